The van der Waals surface area contributed by atoms with Gasteiger partial charge in [0.15, 0.2) is 0 Å². The fourth-order valence-corrected chi connectivity index (χ4v) is 2.65. The Labute approximate surface area is 160 Å². The van der Waals surface area contributed by atoms with Gasteiger partial charge in [0.05, 0.1) is 15.5 Å². The molecule has 0 amide bonds. The van der Waals surface area contributed by atoms with E-state index in [0.717, 1.165) is 18.2 Å². The third-order valence-corrected chi connectivity index (χ3v) is 3.92. The lowest BCUT2D eigenvalue weighted by atomic mass is 10.0. The van der Waals surface area contributed by atoms with E-state index in [1.54, 1.807) is 0 Å². The fraction of sp³-hybridized carbons (Fsp3) is 0.188. The summed E-state index contributed by atoms with van der Waals surface area (Å²) < 4.78 is 43.4. The summed E-state index contributed by atoms with van der Waals surface area (Å²) in [5, 5.41) is 18.8. The van der Waals surface area contributed by atoms with Crippen molar-refractivity contribution in [1.29, 1.82) is 0 Å². The van der Waals surface area contributed by atoms with Crippen molar-refractivity contribution in [2.75, 3.05) is 6.61 Å². The maximum absolute atomic E-state index is 12.7. The zero-order chi connectivity index (χ0) is 20.4. The van der Waals surface area contributed by atoms with E-state index in [-0.39, 0.29) is 28.5 Å². The van der Waals surface area contributed by atoms with Gasteiger partial charge >= 0.3 is 6.18 Å². The molecule has 0 fully saturated rings. The average Bonchev–Trinajstić information content (AvgIpc) is 2.55. The maximum Gasteiger partial charge on any atom is 0.416 e. The summed E-state index contributed by atoms with van der Waals surface area (Å²) in [5.74, 6) is -0.281. The summed E-state index contributed by atoms with van der Waals surface area (Å²) in [4.78, 5) is 21.9. The second-order valence-corrected chi connectivity index (χ2v) is 5.98. The molecule has 144 valence electrons. The molecule has 27 heavy (non-hydrogen) atoms. The first-order chi connectivity index (χ1) is 12.5. The van der Waals surface area contributed by atoms with Crippen molar-refractivity contribution in [3.05, 3.63) is 62.2 Å². The smallest absolute Gasteiger partial charge is 0.416 e. The third kappa shape index (κ3) is 4.88. The Morgan fingerprint density at radius 2 is 1.93 bits per heavy atom. The van der Waals surface area contributed by atoms with Crippen LogP contribution < -0.4 is 4.74 Å². The molecule has 0 aliphatic heterocycles. The number of halogens is 5. The Morgan fingerprint density at radius 3 is 2.41 bits per heavy atom. The molecule has 2 aromatic carbocycles. The molecule has 0 radical (unpaired) electrons. The van der Waals surface area contributed by atoms with Gasteiger partial charge in [0.1, 0.15) is 17.1 Å². The van der Waals surface area contributed by atoms with Gasteiger partial charge in [-0.25, -0.2) is 0 Å². The van der Waals surface area contributed by atoms with Gasteiger partial charge in [0.25, 0.3) is 10.9 Å². The minimum absolute atomic E-state index is 0.0352. The summed E-state index contributed by atoms with van der Waals surface area (Å²) in [5.41, 5.74) is -2.09. The van der Waals surface area contributed by atoms with Gasteiger partial charge in [-0.3, -0.25) is 14.9 Å². The predicted molar refractivity (Wildman–Crippen MR) is 90.6 cm³/mol. The second-order valence-electron chi connectivity index (χ2n) is 5.23. The lowest BCUT2D eigenvalue weighted by Gasteiger charge is -2.13. The van der Waals surface area contributed by atoms with E-state index in [4.69, 9.17) is 33.0 Å². The molecule has 0 heterocycles. The van der Waals surface area contributed by atoms with Crippen LogP contribution >= 0.6 is 23.2 Å². The van der Waals surface area contributed by atoms with E-state index >= 15 is 0 Å². The highest BCUT2D eigenvalue weighted by Crippen LogP contribution is 2.38. The number of aliphatic hydroxyl groups is 1. The van der Waals surface area contributed by atoms with Crippen LogP contribution in [0.25, 0.3) is 0 Å². The van der Waals surface area contributed by atoms with Crippen molar-refractivity contribution in [3.8, 4) is 11.5 Å². The van der Waals surface area contributed by atoms with Crippen LogP contribution in [-0.4, -0.2) is 21.9 Å². The van der Waals surface area contributed by atoms with Crippen molar-refractivity contribution in [2.45, 2.75) is 12.6 Å². The molecule has 1 N–H and O–H groups in total. The lowest BCUT2D eigenvalue weighted by Crippen LogP contribution is -2.06. The molecular formula is C16H10Cl2F3NO5. The van der Waals surface area contributed by atoms with Crippen LogP contribution in [0.5, 0.6) is 11.5 Å². The molecule has 0 aliphatic carbocycles. The largest absolute Gasteiger partial charge is 0.456 e. The molecular weight excluding hydrogens is 414 g/mol. The lowest BCUT2D eigenvalue weighted by molar-refractivity contribution is -0.385. The topological polar surface area (TPSA) is 89.7 Å². The van der Waals surface area contributed by atoms with Crippen LogP contribution in [0.2, 0.25) is 5.02 Å². The van der Waals surface area contributed by atoms with Crippen LogP contribution in [-0.2, 0) is 12.6 Å². The van der Waals surface area contributed by atoms with E-state index in [1.165, 1.54) is 6.07 Å². The minimum atomic E-state index is -4.60. The number of aliphatic hydroxyl groups excluding tert-OH is 1. The predicted octanol–water partition coefficient (Wildman–Crippen LogP) is 4.97. The molecule has 0 unspecified atom stereocenters. The van der Waals surface area contributed by atoms with Gasteiger partial charge in [-0.1, -0.05) is 11.6 Å². The first-order valence-electron chi connectivity index (χ1n) is 7.21. The average molecular weight is 424 g/mol. The van der Waals surface area contributed by atoms with Crippen molar-refractivity contribution >= 4 is 34.1 Å². The summed E-state index contributed by atoms with van der Waals surface area (Å²) in [6.07, 6.45) is -4.77. The second kappa shape index (κ2) is 8.12. The van der Waals surface area contributed by atoms with Crippen molar-refractivity contribution in [2.24, 2.45) is 0 Å². The number of rotatable bonds is 6. The Balaban J connectivity index is 2.50. The standard InChI is InChI=1S/C16H10Cl2F3NO5/c17-12-6-9(16(19,20)21)1-2-13(12)27-10-5-8(3-4-23)14(22(25)26)11(7-10)15(18)24/h1-2,5-7,23H,3-4H2. The van der Waals surface area contributed by atoms with Crippen LogP contribution in [0.1, 0.15) is 21.5 Å². The Morgan fingerprint density at radius 1 is 1.26 bits per heavy atom. The van der Waals surface area contributed by atoms with Gasteiger partial charge < -0.3 is 9.84 Å². The SMILES string of the molecule is O=C(Cl)c1cc(Oc2ccc(C(F)(F)F)cc2Cl)cc(CCO)c1[N+](=O)[O-]. The van der Waals surface area contributed by atoms with Crippen LogP contribution in [0, 0.1) is 10.1 Å². The Hall–Kier alpha value is -2.36. The summed E-state index contributed by atoms with van der Waals surface area (Å²) in [7, 11) is 0. The molecule has 0 bridgehead atoms. The number of nitro benzene ring substituents is 1. The number of hydrogen-bond acceptors (Lipinski definition) is 5. The van der Waals surface area contributed by atoms with E-state index in [1.807, 2.05) is 0 Å². The van der Waals surface area contributed by atoms with Crippen molar-refractivity contribution in [3.63, 3.8) is 0 Å². The Bertz CT molecular complexity index is 902. The summed E-state index contributed by atoms with van der Waals surface area (Å²) in [6, 6.07) is 4.52. The van der Waals surface area contributed by atoms with Crippen molar-refractivity contribution in [1.82, 2.24) is 0 Å². The highest BCUT2D eigenvalue weighted by molar-refractivity contribution is 6.68. The van der Waals surface area contributed by atoms with E-state index in [2.05, 4.69) is 0 Å². The van der Waals surface area contributed by atoms with Crippen LogP contribution in [0.4, 0.5) is 18.9 Å². The van der Waals surface area contributed by atoms with E-state index in [0.29, 0.717) is 6.07 Å². The highest BCUT2D eigenvalue weighted by atomic mass is 35.5. The number of carbonyl (C=O) groups excluding carboxylic acids is 1. The molecule has 0 atom stereocenters. The molecule has 0 aliphatic rings. The van der Waals surface area contributed by atoms with Crippen LogP contribution in [0.3, 0.4) is 0 Å². The highest BCUT2D eigenvalue weighted by Gasteiger charge is 2.31. The number of carbonyl (C=O) groups is 1. The van der Waals surface area contributed by atoms with Gasteiger partial charge in [-0.2, -0.15) is 13.2 Å². The molecule has 11 heteroatoms. The van der Waals surface area contributed by atoms with Crippen LogP contribution in [0.15, 0.2) is 30.3 Å². The molecule has 0 saturated heterocycles. The number of alkyl halides is 3. The number of nitro groups is 1. The number of benzene rings is 2. The summed E-state index contributed by atoms with van der Waals surface area (Å²) >= 11 is 11.2. The summed E-state index contributed by atoms with van der Waals surface area (Å²) in [6.45, 7) is -0.457. The fourth-order valence-electron chi connectivity index (χ4n) is 2.29. The van der Waals surface area contributed by atoms with E-state index < -0.39 is 39.8 Å². The molecule has 2 aromatic rings. The van der Waals surface area contributed by atoms with Gasteiger partial charge in [0.2, 0.25) is 0 Å². The normalized spacial score (nSPS) is 11.3. The molecule has 0 aromatic heterocycles. The molecule has 6 nitrogen and oxygen atoms in total. The molecule has 0 saturated carbocycles. The molecule has 0 spiro atoms. The van der Waals surface area contributed by atoms with Gasteiger partial charge in [0, 0.05) is 18.6 Å². The monoisotopic (exact) mass is 423 g/mol. The first-order valence-corrected chi connectivity index (χ1v) is 7.96. The zero-order valence-electron chi connectivity index (χ0n) is 13.2. The third-order valence-electron chi connectivity index (χ3n) is 3.42. The number of ether oxygens (including phenoxy) is 1. The quantitative estimate of drug-likeness (QED) is 0.402. The van der Waals surface area contributed by atoms with Crippen molar-refractivity contribution < 1.29 is 32.7 Å². The van der Waals surface area contributed by atoms with Gasteiger partial charge in [-0.05, 0) is 41.9 Å². The molecule has 2 rings (SSSR count). The number of nitrogens with zero attached hydrogens (tertiary/aromatic N) is 1. The zero-order valence-corrected chi connectivity index (χ0v) is 14.7. The maximum atomic E-state index is 12.7. The first kappa shape index (κ1) is 20.9. The van der Waals surface area contributed by atoms with E-state index in [9.17, 15) is 28.1 Å². The number of hydrogen-bond donors (Lipinski definition) is 1. The van der Waals surface area contributed by atoms with Gasteiger partial charge in [-0.15, -0.1) is 0 Å². The minimum Gasteiger partial charge on any atom is -0.456 e. The Kier molecular flexibility index (Phi) is 6.30.